The number of ether oxygens (including phenoxy) is 2. The minimum absolute atomic E-state index is 0.0105. The van der Waals surface area contributed by atoms with E-state index in [2.05, 4.69) is 46.7 Å². The molecule has 7 rings (SSSR count). The number of rotatable bonds is 13. The first-order valence-corrected chi connectivity index (χ1v) is 26.1. The van der Waals surface area contributed by atoms with Crippen LogP contribution >= 0.6 is 0 Å². The number of benzene rings is 2. The summed E-state index contributed by atoms with van der Waals surface area (Å²) < 4.78 is 43.6. The minimum atomic E-state index is -1.36. The molecule has 0 saturated carbocycles. The van der Waals surface area contributed by atoms with Gasteiger partial charge in [0, 0.05) is 63.0 Å². The van der Waals surface area contributed by atoms with Crippen LogP contribution in [0.2, 0.25) is 25.7 Å². The van der Waals surface area contributed by atoms with Crippen LogP contribution in [0.25, 0.3) is 10.9 Å². The van der Waals surface area contributed by atoms with Gasteiger partial charge in [-0.15, -0.1) is 0 Å². The van der Waals surface area contributed by atoms with Crippen LogP contribution in [0.5, 0.6) is 0 Å². The topological polar surface area (TPSA) is 143 Å². The lowest BCUT2D eigenvalue weighted by Crippen LogP contribution is -2.55. The van der Waals surface area contributed by atoms with Crippen LogP contribution in [-0.2, 0) is 32.0 Å². The summed E-state index contributed by atoms with van der Waals surface area (Å²) in [6.07, 6.45) is 5.49. The van der Waals surface area contributed by atoms with E-state index in [9.17, 15) is 24.0 Å². The molecule has 1 unspecified atom stereocenters. The van der Waals surface area contributed by atoms with Crippen molar-refractivity contribution in [2.24, 2.45) is 0 Å². The van der Waals surface area contributed by atoms with E-state index in [4.69, 9.17) is 9.47 Å². The number of pyridine rings is 1. The van der Waals surface area contributed by atoms with Crippen molar-refractivity contribution in [3.63, 3.8) is 0 Å². The van der Waals surface area contributed by atoms with Gasteiger partial charge < -0.3 is 19.7 Å². The molecule has 0 radical (unpaired) electrons. The number of unbranched alkanes of at least 4 members (excludes halogenated alkanes) is 2. The molecule has 1 N–H and O–H groups in total. The second-order valence-corrected chi connectivity index (χ2v) is 25.0. The van der Waals surface area contributed by atoms with Crippen molar-refractivity contribution in [3.05, 3.63) is 93.8 Å². The average Bonchev–Trinajstić information content (AvgIpc) is 3.92. The number of hydrogen-bond acceptors (Lipinski definition) is 9. The predicted molar refractivity (Wildman–Crippen MR) is 245 cm³/mol. The van der Waals surface area contributed by atoms with E-state index in [0.717, 1.165) is 36.0 Å². The van der Waals surface area contributed by atoms with E-state index in [1.54, 1.807) is 49.7 Å². The number of aromatic nitrogens is 2. The summed E-state index contributed by atoms with van der Waals surface area (Å²) in [7, 11) is 0.655. The monoisotopic (exact) mass is 908 g/mol. The highest BCUT2D eigenvalue weighted by atomic mass is 28.3. The second-order valence-electron chi connectivity index (χ2n) is 19.4. The smallest absolute Gasteiger partial charge is 0.419 e. The van der Waals surface area contributed by atoms with E-state index in [1.807, 2.05) is 13.1 Å². The number of amides is 4. The fraction of sp³-hybridized carbons (Fsp3) is 0.469. The number of carbonyl (C=O) groups excluding carboxylic acids is 5. The molecule has 2 aromatic carbocycles. The standard InChI is InChI=1S/C49H58F2N6O7Si/c1-49(2,3)64-48(62)57-41-27-43(52-28-33(41)25-42(57)39-15-12-20-54(39)4)53-45(59)35-17-16-31(23-38(35)51)13-10-8-9-11-14-32-24-34-29-55(46(60)36(34)26-37(32)50)40-18-19-44(58)56(47(40)61)30-63-21-22-65(5,6)7/h16-17,23-28,39-40H,8-10,12-13,15,18-22,29-30H2,1-7H3,(H,52,53,59)/t39-,40?/m1/s1. The van der Waals surface area contributed by atoms with Crippen molar-refractivity contribution < 1.29 is 42.2 Å². The zero-order valence-electron chi connectivity index (χ0n) is 38.3. The molecular weight excluding hydrogens is 851 g/mol. The lowest BCUT2D eigenvalue weighted by Gasteiger charge is -2.35. The Bertz CT molecular complexity index is 2590. The summed E-state index contributed by atoms with van der Waals surface area (Å²) >= 11 is 0. The molecule has 0 aliphatic carbocycles. The highest BCUT2D eigenvalue weighted by Gasteiger charge is 2.43. The molecule has 4 amide bonds. The zero-order valence-corrected chi connectivity index (χ0v) is 39.3. The van der Waals surface area contributed by atoms with Crippen molar-refractivity contribution in [1.82, 2.24) is 24.3 Å². The number of halogens is 2. The Morgan fingerprint density at radius 3 is 2.48 bits per heavy atom. The molecule has 5 heterocycles. The Morgan fingerprint density at radius 2 is 1.77 bits per heavy atom. The van der Waals surface area contributed by atoms with E-state index in [-0.39, 0.29) is 60.6 Å². The molecule has 2 saturated heterocycles. The first kappa shape index (κ1) is 47.2. The lowest BCUT2D eigenvalue weighted by molar-refractivity contribution is -0.158. The predicted octanol–water partition coefficient (Wildman–Crippen LogP) is 8.67. The number of nitrogens with zero attached hydrogens (tertiary/aromatic N) is 5. The lowest BCUT2D eigenvalue weighted by atomic mass is 10.0. The van der Waals surface area contributed by atoms with Crippen molar-refractivity contribution >= 4 is 54.5 Å². The Balaban J connectivity index is 0.921. The van der Waals surface area contributed by atoms with Gasteiger partial charge in [-0.2, -0.15) is 0 Å². The number of imide groups is 1. The van der Waals surface area contributed by atoms with Gasteiger partial charge in [0.15, 0.2) is 0 Å². The Morgan fingerprint density at radius 1 is 0.985 bits per heavy atom. The first-order valence-electron chi connectivity index (χ1n) is 22.4. The number of piperidine rings is 1. The summed E-state index contributed by atoms with van der Waals surface area (Å²) in [4.78, 5) is 75.3. The third-order valence-electron chi connectivity index (χ3n) is 12.0. The molecule has 2 aromatic heterocycles. The molecular formula is C49H58F2N6O7Si. The van der Waals surface area contributed by atoms with Crippen LogP contribution in [-0.4, -0.2) is 101 Å². The van der Waals surface area contributed by atoms with Crippen LogP contribution in [0.15, 0.2) is 48.7 Å². The largest absolute Gasteiger partial charge is 0.443 e. The zero-order chi connectivity index (χ0) is 46.8. The summed E-state index contributed by atoms with van der Waals surface area (Å²) in [6, 6.07) is 10.8. The number of fused-ring (bicyclic) bond motifs is 2. The van der Waals surface area contributed by atoms with Crippen molar-refractivity contribution in [2.75, 3.05) is 32.2 Å². The van der Waals surface area contributed by atoms with Gasteiger partial charge in [-0.05, 0) is 120 Å². The van der Waals surface area contributed by atoms with Crippen molar-refractivity contribution in [2.45, 2.75) is 122 Å². The fourth-order valence-corrected chi connectivity index (χ4v) is 9.26. The van der Waals surface area contributed by atoms with Crippen molar-refractivity contribution in [3.8, 4) is 11.8 Å². The Kier molecular flexibility index (Phi) is 14.1. The number of likely N-dealkylation sites (tertiary alicyclic amines) is 2. The van der Waals surface area contributed by atoms with Crippen LogP contribution in [0, 0.1) is 23.5 Å². The number of hydrogen-bond donors (Lipinski definition) is 1. The molecule has 13 nitrogen and oxygen atoms in total. The second kappa shape index (κ2) is 19.4. The maximum absolute atomic E-state index is 15.4. The molecule has 3 aliphatic rings. The van der Waals surface area contributed by atoms with Crippen LogP contribution < -0.4 is 5.32 Å². The van der Waals surface area contributed by atoms with Gasteiger partial charge in [0.05, 0.1) is 22.7 Å². The highest BCUT2D eigenvalue weighted by molar-refractivity contribution is 6.76. The van der Waals surface area contributed by atoms with Crippen LogP contribution in [0.1, 0.15) is 115 Å². The van der Waals surface area contributed by atoms with E-state index in [0.29, 0.717) is 54.3 Å². The Hall–Kier alpha value is -5.76. The van der Waals surface area contributed by atoms with E-state index in [1.165, 1.54) is 23.1 Å². The quantitative estimate of drug-likeness (QED) is 0.0604. The molecule has 2 atom stereocenters. The number of aryl methyl sites for hydroxylation is 1. The molecule has 3 aliphatic heterocycles. The molecule has 0 bridgehead atoms. The van der Waals surface area contributed by atoms with Gasteiger partial charge in [-0.3, -0.25) is 29.0 Å². The maximum atomic E-state index is 15.4. The highest BCUT2D eigenvalue weighted by Crippen LogP contribution is 2.36. The normalized spacial score (nSPS) is 18.0. The van der Waals surface area contributed by atoms with Gasteiger partial charge >= 0.3 is 6.09 Å². The van der Waals surface area contributed by atoms with Crippen molar-refractivity contribution in [1.29, 1.82) is 0 Å². The summed E-state index contributed by atoms with van der Waals surface area (Å²) in [5.74, 6) is 2.75. The molecule has 4 aromatic rings. The SMILES string of the molecule is CN1CCC[C@@H]1c1cc2cnc(NC(=O)c3ccc(CCCCC#Cc4cc5c(cc4F)C(=O)N(C4CCC(=O)N(COCC[Si](C)(C)C)C4=O)C5)cc3F)cc2n1C(=O)OC(C)(C)C. The third kappa shape index (κ3) is 11.0. The van der Waals surface area contributed by atoms with Gasteiger partial charge in [0.25, 0.3) is 17.7 Å². The van der Waals surface area contributed by atoms with E-state index < -0.39 is 55.2 Å². The molecule has 16 heteroatoms. The molecule has 344 valence electrons. The van der Waals surface area contributed by atoms with Crippen LogP contribution in [0.4, 0.5) is 19.4 Å². The number of anilines is 1. The maximum Gasteiger partial charge on any atom is 0.419 e. The van der Waals surface area contributed by atoms with Crippen LogP contribution in [0.3, 0.4) is 0 Å². The molecule has 0 spiro atoms. The number of carbonyl (C=O) groups is 5. The van der Waals surface area contributed by atoms with E-state index >= 15 is 8.78 Å². The Labute approximate surface area is 379 Å². The van der Waals surface area contributed by atoms with Gasteiger partial charge in [0.2, 0.25) is 5.91 Å². The minimum Gasteiger partial charge on any atom is -0.443 e. The third-order valence-corrected chi connectivity index (χ3v) is 13.7. The fourth-order valence-electron chi connectivity index (χ4n) is 8.50. The average molecular weight is 909 g/mol. The van der Waals surface area contributed by atoms with Gasteiger partial charge in [-0.25, -0.2) is 23.1 Å². The molecule has 65 heavy (non-hydrogen) atoms. The first-order chi connectivity index (χ1) is 30.8. The summed E-state index contributed by atoms with van der Waals surface area (Å²) in [5, 5.41) is 3.40. The summed E-state index contributed by atoms with van der Waals surface area (Å²) in [6.45, 7) is 13.3. The van der Waals surface area contributed by atoms with Gasteiger partial charge in [0.1, 0.15) is 35.8 Å². The summed E-state index contributed by atoms with van der Waals surface area (Å²) in [5.41, 5.74) is 2.01. The van der Waals surface area contributed by atoms with Gasteiger partial charge in [-0.1, -0.05) is 37.5 Å². The number of nitrogens with one attached hydrogen (secondary N) is 1. The molecule has 2 fully saturated rings.